The largest absolute Gasteiger partial charge is 0.426 e. The molecule has 0 unspecified atom stereocenters. The summed E-state index contributed by atoms with van der Waals surface area (Å²) < 4.78 is 6.13. The predicted octanol–water partition coefficient (Wildman–Crippen LogP) is 8.29. The minimum absolute atomic E-state index is 0.0284. The molecule has 4 aliphatic carbocycles. The van der Waals surface area contributed by atoms with E-state index < -0.39 is 10.9 Å². The molecule has 4 fully saturated rings. The van der Waals surface area contributed by atoms with E-state index in [4.69, 9.17) is 4.74 Å². The van der Waals surface area contributed by atoms with E-state index in [0.29, 0.717) is 6.42 Å². The molecule has 0 radical (unpaired) electrons. The summed E-state index contributed by atoms with van der Waals surface area (Å²) in [5.74, 6) is 3.30. The van der Waals surface area contributed by atoms with Crippen molar-refractivity contribution in [1.82, 2.24) is 0 Å². The fourth-order valence-corrected chi connectivity index (χ4v) is 10.3. The van der Waals surface area contributed by atoms with Crippen LogP contribution in [0.25, 0.3) is 0 Å². The second-order valence-electron chi connectivity index (χ2n) is 11.5. The van der Waals surface area contributed by atoms with Crippen LogP contribution in [0.2, 0.25) is 0 Å². The molecule has 4 saturated carbocycles. The molecule has 0 heterocycles. The molecule has 0 saturated heterocycles. The molecule has 182 valence electrons. The van der Waals surface area contributed by atoms with Crippen molar-refractivity contribution in [2.24, 2.45) is 23.2 Å². The summed E-state index contributed by atoms with van der Waals surface area (Å²) in [6.45, 7) is 4.18. The van der Waals surface area contributed by atoms with E-state index in [1.54, 1.807) is 0 Å². The van der Waals surface area contributed by atoms with Gasteiger partial charge in [0.2, 0.25) is 0 Å². The molecule has 4 aliphatic rings. The van der Waals surface area contributed by atoms with Crippen LogP contribution in [0.15, 0.2) is 87.5 Å². The van der Waals surface area contributed by atoms with E-state index >= 15 is 0 Å². The van der Waals surface area contributed by atoms with Crippen molar-refractivity contribution in [3.05, 3.63) is 83.9 Å². The van der Waals surface area contributed by atoms with Crippen LogP contribution in [0.4, 0.5) is 0 Å². The van der Waals surface area contributed by atoms with E-state index in [2.05, 4.69) is 86.6 Å². The topological polar surface area (TPSA) is 26.3 Å². The van der Waals surface area contributed by atoms with Gasteiger partial charge in [-0.3, -0.25) is 4.79 Å². The molecule has 0 spiro atoms. The van der Waals surface area contributed by atoms with Gasteiger partial charge in [0.15, 0.2) is 0 Å². The highest BCUT2D eigenvalue weighted by atomic mass is 32.2. The lowest BCUT2D eigenvalue weighted by atomic mass is 9.49. The van der Waals surface area contributed by atoms with Crippen molar-refractivity contribution >= 4 is 16.9 Å². The number of carbonyl (C=O) groups is 1. The van der Waals surface area contributed by atoms with Crippen molar-refractivity contribution in [1.29, 1.82) is 0 Å². The second-order valence-corrected chi connectivity index (χ2v) is 13.7. The Hall–Kier alpha value is -2.52. The first-order valence-electron chi connectivity index (χ1n) is 13.2. The molecule has 3 aromatic carbocycles. The Morgan fingerprint density at radius 2 is 1.23 bits per heavy atom. The normalized spacial score (nSPS) is 27.0. The van der Waals surface area contributed by atoms with Crippen LogP contribution in [0.1, 0.15) is 56.1 Å². The molecule has 0 aromatic heterocycles. The Balaban J connectivity index is 1.25. The first-order chi connectivity index (χ1) is 17.0. The van der Waals surface area contributed by atoms with Gasteiger partial charge in [0.1, 0.15) is 5.75 Å². The maximum Gasteiger partial charge on any atom is 0.311 e. The van der Waals surface area contributed by atoms with E-state index in [0.717, 1.165) is 34.6 Å². The Bertz CT molecular complexity index is 1120. The third-order valence-corrected chi connectivity index (χ3v) is 11.0. The minimum atomic E-state index is -0.674. The van der Waals surface area contributed by atoms with Crippen molar-refractivity contribution < 1.29 is 9.53 Å². The fraction of sp³-hybridized carbons (Fsp3) is 0.406. The van der Waals surface area contributed by atoms with E-state index in [9.17, 15) is 4.79 Å². The number of carbonyl (C=O) groups excluding carboxylic acids is 1. The maximum absolute atomic E-state index is 13.2. The Morgan fingerprint density at radius 3 is 1.69 bits per heavy atom. The van der Waals surface area contributed by atoms with Crippen molar-refractivity contribution in [2.45, 2.75) is 73.5 Å². The molecule has 4 bridgehead atoms. The van der Waals surface area contributed by atoms with E-state index in [-0.39, 0.29) is 11.4 Å². The van der Waals surface area contributed by atoms with Gasteiger partial charge in [-0.15, -0.1) is 0 Å². The maximum atomic E-state index is 13.2. The van der Waals surface area contributed by atoms with Crippen LogP contribution in [0.5, 0.6) is 5.75 Å². The third-order valence-electron chi connectivity index (χ3n) is 8.63. The third kappa shape index (κ3) is 4.56. The van der Waals surface area contributed by atoms with Gasteiger partial charge in [-0.25, -0.2) is 0 Å². The van der Waals surface area contributed by atoms with Crippen LogP contribution in [0.3, 0.4) is 0 Å². The summed E-state index contributed by atoms with van der Waals surface area (Å²) in [5.41, 5.74) is 2.32. The minimum Gasteiger partial charge on any atom is -0.426 e. The summed E-state index contributed by atoms with van der Waals surface area (Å²) in [7, 11) is -0.674. The fourth-order valence-electron chi connectivity index (χ4n) is 7.78. The number of hydrogen-bond acceptors (Lipinski definition) is 2. The van der Waals surface area contributed by atoms with Crippen LogP contribution in [-0.2, 0) is 4.79 Å². The van der Waals surface area contributed by atoms with Crippen LogP contribution in [-0.4, -0.2) is 5.97 Å². The molecule has 35 heavy (non-hydrogen) atoms. The Morgan fingerprint density at radius 1 is 0.771 bits per heavy atom. The summed E-state index contributed by atoms with van der Waals surface area (Å²) in [6, 6.07) is 26.0. The highest BCUT2D eigenvalue weighted by molar-refractivity contribution is 8.17. The summed E-state index contributed by atoms with van der Waals surface area (Å²) >= 11 is 0. The van der Waals surface area contributed by atoms with Gasteiger partial charge >= 0.3 is 5.97 Å². The smallest absolute Gasteiger partial charge is 0.311 e. The molecule has 0 amide bonds. The summed E-state index contributed by atoms with van der Waals surface area (Å²) in [5, 5.41) is 0. The number of rotatable bonds is 6. The second kappa shape index (κ2) is 9.17. The number of benzene rings is 3. The number of esters is 1. The SMILES string of the molecule is Cc1cc([SH](c2ccccc2)c2ccccc2)cc(C)c1OC(=O)CC12CC3CC(CC(C3)C1)C2. The highest BCUT2D eigenvalue weighted by Crippen LogP contribution is 2.61. The van der Waals surface area contributed by atoms with Gasteiger partial charge in [-0.2, -0.15) is 10.9 Å². The van der Waals surface area contributed by atoms with Crippen LogP contribution in [0, 0.1) is 37.0 Å². The first kappa shape index (κ1) is 22.9. The standard InChI is InChI=1S/C32H36O2S/c1-22-13-29(35(27-9-5-3-6-10-27)28-11-7-4-8-12-28)14-23(2)31(22)34-30(33)21-32-18-24-15-25(19-32)17-26(16-24)20-32/h3-14,24-26,35H,15-21H2,1-2H3. The van der Waals surface area contributed by atoms with E-state index in [1.807, 2.05) is 0 Å². The Labute approximate surface area is 212 Å². The van der Waals surface area contributed by atoms with Crippen molar-refractivity contribution in [2.75, 3.05) is 0 Å². The zero-order valence-corrected chi connectivity index (χ0v) is 21.8. The van der Waals surface area contributed by atoms with Gasteiger partial charge < -0.3 is 4.74 Å². The quantitative estimate of drug-likeness (QED) is 0.216. The van der Waals surface area contributed by atoms with Gasteiger partial charge in [0.05, 0.1) is 6.42 Å². The molecule has 3 aromatic rings. The van der Waals surface area contributed by atoms with Crippen molar-refractivity contribution in [3.63, 3.8) is 0 Å². The predicted molar refractivity (Wildman–Crippen MR) is 143 cm³/mol. The zero-order chi connectivity index (χ0) is 24.0. The molecule has 0 N–H and O–H groups in total. The highest BCUT2D eigenvalue weighted by Gasteiger charge is 2.51. The monoisotopic (exact) mass is 484 g/mol. The zero-order valence-electron chi connectivity index (χ0n) is 20.9. The number of thiol groups is 1. The van der Waals surface area contributed by atoms with Crippen molar-refractivity contribution in [3.8, 4) is 5.75 Å². The van der Waals surface area contributed by atoms with E-state index in [1.165, 1.54) is 53.2 Å². The molecule has 0 atom stereocenters. The number of hydrogen-bond donors (Lipinski definition) is 1. The molecule has 0 aliphatic heterocycles. The van der Waals surface area contributed by atoms with Crippen LogP contribution < -0.4 is 4.74 Å². The lowest BCUT2D eigenvalue weighted by molar-refractivity contribution is -0.142. The van der Waals surface area contributed by atoms with Gasteiger partial charge in [-0.1, -0.05) is 36.4 Å². The molecule has 7 rings (SSSR count). The van der Waals surface area contributed by atoms with Gasteiger partial charge in [-0.05, 0) is 138 Å². The summed E-state index contributed by atoms with van der Waals surface area (Å²) in [6.07, 6.45) is 8.52. The summed E-state index contributed by atoms with van der Waals surface area (Å²) in [4.78, 5) is 17.2. The molecule has 3 heteroatoms. The van der Waals surface area contributed by atoms with Crippen LogP contribution >= 0.6 is 10.9 Å². The average Bonchev–Trinajstić information content (AvgIpc) is 2.82. The lowest BCUT2D eigenvalue weighted by Crippen LogP contribution is -2.47. The number of aryl methyl sites for hydroxylation is 2. The molecular formula is C32H36O2S. The molecule has 2 nitrogen and oxygen atoms in total. The number of ether oxygens (including phenoxy) is 1. The van der Waals surface area contributed by atoms with Gasteiger partial charge in [0.25, 0.3) is 0 Å². The Kier molecular flexibility index (Phi) is 6.00. The average molecular weight is 485 g/mol. The molecular weight excluding hydrogens is 448 g/mol. The van der Waals surface area contributed by atoms with Gasteiger partial charge in [0, 0.05) is 0 Å². The first-order valence-corrected chi connectivity index (χ1v) is 14.5. The lowest BCUT2D eigenvalue weighted by Gasteiger charge is -2.56.